The molecular formula is C18H20BrN5O. The van der Waals surface area contributed by atoms with Gasteiger partial charge in [-0.3, -0.25) is 14.7 Å². The van der Waals surface area contributed by atoms with Crippen LogP contribution in [0.15, 0.2) is 32.7 Å². The Bertz CT molecular complexity index is 876. The minimum Gasteiger partial charge on any atom is -0.305 e. The van der Waals surface area contributed by atoms with Crippen molar-refractivity contribution in [2.24, 2.45) is 4.99 Å². The average Bonchev–Trinajstić information content (AvgIpc) is 2.65. The molecule has 0 saturated carbocycles. The second kappa shape index (κ2) is 7.17. The number of rotatable bonds is 3. The molecule has 2 aliphatic rings. The number of aromatic nitrogens is 3. The molecule has 25 heavy (non-hydrogen) atoms. The molecule has 4 rings (SSSR count). The van der Waals surface area contributed by atoms with E-state index in [2.05, 4.69) is 41.9 Å². The Balaban J connectivity index is 1.56. The zero-order valence-electron chi connectivity index (χ0n) is 14.0. The maximum Gasteiger partial charge on any atom is 0.255 e. The fourth-order valence-electron chi connectivity index (χ4n) is 3.42. The smallest absolute Gasteiger partial charge is 0.255 e. The van der Waals surface area contributed by atoms with Gasteiger partial charge in [-0.05, 0) is 46.8 Å². The second-order valence-electron chi connectivity index (χ2n) is 6.54. The molecule has 0 saturated heterocycles. The topological polar surface area (TPSA) is 74.2 Å². The number of aromatic amines is 1. The lowest BCUT2D eigenvalue weighted by Gasteiger charge is -2.28. The molecule has 4 heterocycles. The third-order valence-corrected chi connectivity index (χ3v) is 5.49. The van der Waals surface area contributed by atoms with Crippen LogP contribution >= 0.6 is 15.9 Å². The highest BCUT2D eigenvalue weighted by atomic mass is 79.9. The number of aliphatic imine (C=N–C) groups is 1. The summed E-state index contributed by atoms with van der Waals surface area (Å²) in [4.78, 5) is 31.3. The largest absolute Gasteiger partial charge is 0.305 e. The maximum absolute atomic E-state index is 12.6. The lowest BCUT2D eigenvalue weighted by atomic mass is 10.0. The Morgan fingerprint density at radius 3 is 3.00 bits per heavy atom. The van der Waals surface area contributed by atoms with E-state index in [0.717, 1.165) is 72.5 Å². The van der Waals surface area contributed by atoms with Crippen LogP contribution in [-0.2, 0) is 19.5 Å². The van der Waals surface area contributed by atoms with E-state index in [-0.39, 0.29) is 5.56 Å². The zero-order valence-corrected chi connectivity index (χ0v) is 15.5. The van der Waals surface area contributed by atoms with E-state index in [1.54, 1.807) is 6.20 Å². The lowest BCUT2D eigenvalue weighted by Crippen LogP contribution is -2.36. The SMILES string of the molecule is O=c1[nH]c(C2=NCCCC2)nc2c1CN(Cc1cccnc1Br)CC2. The quantitative estimate of drug-likeness (QED) is 0.801. The standard InChI is InChI=1S/C18H20BrN5O/c19-16-12(4-3-8-21-16)10-24-9-6-14-13(11-24)18(25)23-17(22-14)15-5-1-2-7-20-15/h3-4,8H,1-2,5-7,9-11H2,(H,22,23,25). The molecule has 0 atom stereocenters. The van der Waals surface area contributed by atoms with Crippen molar-refractivity contribution in [2.75, 3.05) is 13.1 Å². The van der Waals surface area contributed by atoms with Crippen molar-refractivity contribution in [3.05, 3.63) is 55.9 Å². The van der Waals surface area contributed by atoms with Crippen LogP contribution in [0.2, 0.25) is 0 Å². The van der Waals surface area contributed by atoms with Gasteiger partial charge in [-0.1, -0.05) is 6.07 Å². The first kappa shape index (κ1) is 16.6. The summed E-state index contributed by atoms with van der Waals surface area (Å²) in [6.07, 6.45) is 5.70. The van der Waals surface area contributed by atoms with Crippen molar-refractivity contribution in [3.63, 3.8) is 0 Å². The molecule has 130 valence electrons. The molecule has 0 aliphatic carbocycles. The number of hydrogen-bond acceptors (Lipinski definition) is 5. The summed E-state index contributed by atoms with van der Waals surface area (Å²) in [6.45, 7) is 3.11. The molecule has 7 heteroatoms. The van der Waals surface area contributed by atoms with Gasteiger partial charge < -0.3 is 4.98 Å². The molecular weight excluding hydrogens is 382 g/mol. The number of H-pyrrole nitrogens is 1. The third-order valence-electron chi connectivity index (χ3n) is 4.78. The van der Waals surface area contributed by atoms with Crippen molar-refractivity contribution < 1.29 is 0 Å². The first-order valence-corrected chi connectivity index (χ1v) is 9.47. The van der Waals surface area contributed by atoms with Crippen molar-refractivity contribution in [3.8, 4) is 0 Å². The second-order valence-corrected chi connectivity index (χ2v) is 7.29. The van der Waals surface area contributed by atoms with Crippen LogP contribution in [0.5, 0.6) is 0 Å². The molecule has 0 radical (unpaired) electrons. The van der Waals surface area contributed by atoms with Crippen LogP contribution in [0, 0.1) is 0 Å². The van der Waals surface area contributed by atoms with E-state index in [1.807, 2.05) is 6.07 Å². The van der Waals surface area contributed by atoms with Gasteiger partial charge in [-0.25, -0.2) is 9.97 Å². The van der Waals surface area contributed by atoms with E-state index in [9.17, 15) is 4.79 Å². The predicted molar refractivity (Wildman–Crippen MR) is 99.9 cm³/mol. The molecule has 1 N–H and O–H groups in total. The number of fused-ring (bicyclic) bond motifs is 1. The summed E-state index contributed by atoms with van der Waals surface area (Å²) in [5.74, 6) is 0.673. The monoisotopic (exact) mass is 401 g/mol. The Morgan fingerprint density at radius 1 is 1.28 bits per heavy atom. The van der Waals surface area contributed by atoms with E-state index < -0.39 is 0 Å². The summed E-state index contributed by atoms with van der Waals surface area (Å²) in [5.41, 5.74) is 3.76. The van der Waals surface area contributed by atoms with E-state index in [0.29, 0.717) is 12.4 Å². The average molecular weight is 402 g/mol. The molecule has 0 aromatic carbocycles. The molecule has 2 aliphatic heterocycles. The molecule has 0 fully saturated rings. The highest BCUT2D eigenvalue weighted by Gasteiger charge is 2.23. The van der Waals surface area contributed by atoms with Crippen molar-refractivity contribution in [2.45, 2.75) is 38.8 Å². The molecule has 0 unspecified atom stereocenters. The van der Waals surface area contributed by atoms with E-state index in [4.69, 9.17) is 4.98 Å². The van der Waals surface area contributed by atoms with Gasteiger partial charge in [0, 0.05) is 38.8 Å². The Hall–Kier alpha value is -1.86. The highest BCUT2D eigenvalue weighted by Crippen LogP contribution is 2.20. The molecule has 6 nitrogen and oxygen atoms in total. The summed E-state index contributed by atoms with van der Waals surface area (Å²) >= 11 is 3.49. The summed E-state index contributed by atoms with van der Waals surface area (Å²) in [5, 5.41) is 0. The number of halogens is 1. The van der Waals surface area contributed by atoms with Gasteiger partial charge >= 0.3 is 0 Å². The first-order chi connectivity index (χ1) is 12.2. The van der Waals surface area contributed by atoms with Crippen LogP contribution in [0.1, 0.15) is 41.9 Å². The normalized spacial score (nSPS) is 17.9. The lowest BCUT2D eigenvalue weighted by molar-refractivity contribution is 0.241. The van der Waals surface area contributed by atoms with Crippen LogP contribution in [0.4, 0.5) is 0 Å². The number of pyridine rings is 1. The van der Waals surface area contributed by atoms with Gasteiger partial charge in [-0.2, -0.15) is 0 Å². The molecule has 2 aromatic rings. The van der Waals surface area contributed by atoms with Gasteiger partial charge in [0.2, 0.25) is 0 Å². The minimum atomic E-state index is -0.0248. The fraction of sp³-hybridized carbons (Fsp3) is 0.444. The Morgan fingerprint density at radius 2 is 2.20 bits per heavy atom. The van der Waals surface area contributed by atoms with Crippen molar-refractivity contribution >= 4 is 21.6 Å². The van der Waals surface area contributed by atoms with Crippen molar-refractivity contribution in [1.82, 2.24) is 19.9 Å². The molecule has 2 aromatic heterocycles. The van der Waals surface area contributed by atoms with Gasteiger partial charge in [0.15, 0.2) is 5.82 Å². The van der Waals surface area contributed by atoms with E-state index in [1.165, 1.54) is 0 Å². The Labute approximate surface area is 154 Å². The minimum absolute atomic E-state index is 0.0248. The number of nitrogens with one attached hydrogen (secondary N) is 1. The van der Waals surface area contributed by atoms with E-state index >= 15 is 0 Å². The van der Waals surface area contributed by atoms with Crippen LogP contribution in [0.3, 0.4) is 0 Å². The summed E-state index contributed by atoms with van der Waals surface area (Å²) in [7, 11) is 0. The summed E-state index contributed by atoms with van der Waals surface area (Å²) < 4.78 is 0.860. The predicted octanol–water partition coefficient (Wildman–Crippen LogP) is 2.46. The molecule has 0 amide bonds. The molecule has 0 bridgehead atoms. The fourth-order valence-corrected chi connectivity index (χ4v) is 3.80. The zero-order chi connectivity index (χ0) is 17.2. The summed E-state index contributed by atoms with van der Waals surface area (Å²) in [6, 6.07) is 3.99. The highest BCUT2D eigenvalue weighted by molar-refractivity contribution is 9.10. The van der Waals surface area contributed by atoms with Gasteiger partial charge in [0.1, 0.15) is 4.60 Å². The first-order valence-electron chi connectivity index (χ1n) is 8.68. The van der Waals surface area contributed by atoms with Crippen molar-refractivity contribution in [1.29, 1.82) is 0 Å². The Kier molecular flexibility index (Phi) is 4.76. The maximum atomic E-state index is 12.6. The van der Waals surface area contributed by atoms with Gasteiger partial charge in [0.05, 0.1) is 17.0 Å². The number of nitrogens with zero attached hydrogens (tertiary/aromatic N) is 4. The third kappa shape index (κ3) is 3.57. The van der Waals surface area contributed by atoms with Gasteiger partial charge in [0.25, 0.3) is 5.56 Å². The van der Waals surface area contributed by atoms with Gasteiger partial charge in [-0.15, -0.1) is 0 Å². The van der Waals surface area contributed by atoms with Crippen LogP contribution < -0.4 is 5.56 Å². The molecule has 0 spiro atoms. The van der Waals surface area contributed by atoms with Crippen LogP contribution in [0.25, 0.3) is 0 Å². The number of hydrogen-bond donors (Lipinski definition) is 1. The van der Waals surface area contributed by atoms with Crippen LogP contribution in [-0.4, -0.2) is 38.7 Å².